The van der Waals surface area contributed by atoms with Crippen molar-refractivity contribution in [3.8, 4) is 0 Å². The smallest absolute Gasteiger partial charge is 0.348 e. The molecule has 72 valence electrons. The third-order valence-corrected chi connectivity index (χ3v) is 3.63. The normalized spacial score (nSPS) is 10.4. The van der Waals surface area contributed by atoms with Crippen LogP contribution in [0, 0.1) is 3.57 Å². The first-order valence-corrected chi connectivity index (χ1v) is 5.87. The summed E-state index contributed by atoms with van der Waals surface area (Å²) in [5.41, 5.74) is 0. The van der Waals surface area contributed by atoms with Crippen LogP contribution in [0.2, 0.25) is 0 Å². The van der Waals surface area contributed by atoms with E-state index in [0.717, 1.165) is 10.1 Å². The lowest BCUT2D eigenvalue weighted by molar-refractivity contribution is 0.0606. The Labute approximate surface area is 99.0 Å². The Kier molecular flexibility index (Phi) is 2.73. The van der Waals surface area contributed by atoms with E-state index in [0.29, 0.717) is 4.88 Å². The average Bonchev–Trinajstić information content (AvgIpc) is 2.59. The number of thiophene rings is 1. The fourth-order valence-corrected chi connectivity index (χ4v) is 2.69. The Bertz CT molecular complexity index is 490. The second kappa shape index (κ2) is 3.86. The SMILES string of the molecule is COC(=O)c1cc2cc(I)ccc2s1. The fraction of sp³-hybridized carbons (Fsp3) is 0.100. The summed E-state index contributed by atoms with van der Waals surface area (Å²) in [6.45, 7) is 0. The average molecular weight is 318 g/mol. The van der Waals surface area contributed by atoms with Crippen LogP contribution in [-0.4, -0.2) is 13.1 Å². The molecule has 0 aliphatic heterocycles. The highest BCUT2D eigenvalue weighted by Gasteiger charge is 2.09. The molecule has 0 fully saturated rings. The van der Waals surface area contributed by atoms with Crippen LogP contribution in [0.3, 0.4) is 0 Å². The van der Waals surface area contributed by atoms with E-state index in [4.69, 9.17) is 0 Å². The van der Waals surface area contributed by atoms with Gasteiger partial charge in [0.15, 0.2) is 0 Å². The molecule has 2 rings (SSSR count). The first-order valence-electron chi connectivity index (χ1n) is 3.98. The molecule has 0 saturated carbocycles. The quantitative estimate of drug-likeness (QED) is 0.596. The largest absolute Gasteiger partial charge is 0.465 e. The van der Waals surface area contributed by atoms with Crippen molar-refractivity contribution in [1.82, 2.24) is 0 Å². The number of halogens is 1. The molecule has 0 atom stereocenters. The Morgan fingerprint density at radius 1 is 1.43 bits per heavy atom. The van der Waals surface area contributed by atoms with Crippen LogP contribution in [0.1, 0.15) is 9.67 Å². The molecule has 0 unspecified atom stereocenters. The summed E-state index contributed by atoms with van der Waals surface area (Å²) in [7, 11) is 1.40. The maximum absolute atomic E-state index is 11.3. The van der Waals surface area contributed by atoms with Gasteiger partial charge in [0, 0.05) is 8.27 Å². The van der Waals surface area contributed by atoms with Gasteiger partial charge in [-0.15, -0.1) is 11.3 Å². The zero-order chi connectivity index (χ0) is 10.1. The van der Waals surface area contributed by atoms with Crippen LogP contribution >= 0.6 is 33.9 Å². The second-order valence-electron chi connectivity index (χ2n) is 2.78. The molecule has 2 aromatic rings. The van der Waals surface area contributed by atoms with Crippen LogP contribution in [0.4, 0.5) is 0 Å². The van der Waals surface area contributed by atoms with Gasteiger partial charge in [0.25, 0.3) is 0 Å². The number of rotatable bonds is 1. The predicted octanol–water partition coefficient (Wildman–Crippen LogP) is 3.29. The standard InChI is InChI=1S/C10H7IO2S/c1-13-10(12)9-5-6-4-7(11)2-3-8(6)14-9/h2-5H,1H3. The van der Waals surface area contributed by atoms with Gasteiger partial charge in [0.2, 0.25) is 0 Å². The summed E-state index contributed by atoms with van der Waals surface area (Å²) in [5.74, 6) is -0.263. The van der Waals surface area contributed by atoms with E-state index in [9.17, 15) is 4.79 Å². The summed E-state index contributed by atoms with van der Waals surface area (Å²) < 4.78 is 6.95. The molecule has 14 heavy (non-hydrogen) atoms. The number of hydrogen-bond donors (Lipinski definition) is 0. The molecule has 0 spiro atoms. The number of hydrogen-bond acceptors (Lipinski definition) is 3. The van der Waals surface area contributed by atoms with Crippen LogP contribution in [-0.2, 0) is 4.74 Å². The molecule has 0 aliphatic rings. The summed E-state index contributed by atoms with van der Waals surface area (Å²) in [6, 6.07) is 7.97. The minimum atomic E-state index is -0.263. The number of carbonyl (C=O) groups excluding carboxylic acids is 1. The fourth-order valence-electron chi connectivity index (χ4n) is 1.22. The Morgan fingerprint density at radius 2 is 2.21 bits per heavy atom. The van der Waals surface area contributed by atoms with Gasteiger partial charge in [0.1, 0.15) is 4.88 Å². The van der Waals surface area contributed by atoms with Crippen molar-refractivity contribution in [1.29, 1.82) is 0 Å². The van der Waals surface area contributed by atoms with Crippen molar-refractivity contribution in [3.05, 3.63) is 32.7 Å². The first kappa shape index (κ1) is 9.92. The first-order chi connectivity index (χ1) is 6.70. The van der Waals surface area contributed by atoms with Crippen LogP contribution in [0.15, 0.2) is 24.3 Å². The highest BCUT2D eigenvalue weighted by molar-refractivity contribution is 14.1. The van der Waals surface area contributed by atoms with Gasteiger partial charge in [0.05, 0.1) is 7.11 Å². The van der Waals surface area contributed by atoms with Gasteiger partial charge in [-0.3, -0.25) is 0 Å². The number of methoxy groups -OCH3 is 1. The molecule has 0 radical (unpaired) electrons. The van der Waals surface area contributed by atoms with Crippen LogP contribution < -0.4 is 0 Å². The van der Waals surface area contributed by atoms with Crippen LogP contribution in [0.5, 0.6) is 0 Å². The van der Waals surface area contributed by atoms with Crippen LogP contribution in [0.25, 0.3) is 10.1 Å². The zero-order valence-electron chi connectivity index (χ0n) is 7.41. The Balaban J connectivity index is 2.56. The maximum Gasteiger partial charge on any atom is 0.348 e. The molecule has 0 aliphatic carbocycles. The summed E-state index contributed by atoms with van der Waals surface area (Å²) in [5, 5.41) is 1.10. The van der Waals surface area contributed by atoms with E-state index >= 15 is 0 Å². The van der Waals surface area contributed by atoms with E-state index in [-0.39, 0.29) is 5.97 Å². The van der Waals surface area contributed by atoms with Crippen molar-refractivity contribution >= 4 is 50.0 Å². The maximum atomic E-state index is 11.3. The van der Waals surface area contributed by atoms with E-state index < -0.39 is 0 Å². The molecule has 4 heteroatoms. The number of benzene rings is 1. The van der Waals surface area contributed by atoms with Crippen molar-refractivity contribution in [2.75, 3.05) is 7.11 Å². The lowest BCUT2D eigenvalue weighted by Gasteiger charge is -1.90. The van der Waals surface area contributed by atoms with Crippen molar-refractivity contribution < 1.29 is 9.53 Å². The topological polar surface area (TPSA) is 26.3 Å². The minimum Gasteiger partial charge on any atom is -0.465 e. The van der Waals surface area contributed by atoms with E-state index in [1.165, 1.54) is 22.0 Å². The molecule has 2 nitrogen and oxygen atoms in total. The second-order valence-corrected chi connectivity index (χ2v) is 5.11. The molecular formula is C10H7IO2S. The lowest BCUT2D eigenvalue weighted by Crippen LogP contribution is -1.96. The third kappa shape index (κ3) is 1.76. The van der Waals surface area contributed by atoms with Gasteiger partial charge < -0.3 is 4.74 Å². The number of carbonyl (C=O) groups is 1. The van der Waals surface area contributed by atoms with Gasteiger partial charge in [-0.05, 0) is 52.2 Å². The molecule has 1 aromatic carbocycles. The number of fused-ring (bicyclic) bond motifs is 1. The molecule has 0 saturated heterocycles. The molecular weight excluding hydrogens is 311 g/mol. The Morgan fingerprint density at radius 3 is 2.93 bits per heavy atom. The van der Waals surface area contributed by atoms with Crippen molar-refractivity contribution in [3.63, 3.8) is 0 Å². The highest BCUT2D eigenvalue weighted by Crippen LogP contribution is 2.27. The van der Waals surface area contributed by atoms with Crippen molar-refractivity contribution in [2.24, 2.45) is 0 Å². The van der Waals surface area contributed by atoms with Crippen molar-refractivity contribution in [2.45, 2.75) is 0 Å². The van der Waals surface area contributed by atoms with E-state index in [2.05, 4.69) is 33.4 Å². The number of esters is 1. The van der Waals surface area contributed by atoms with Gasteiger partial charge in [-0.25, -0.2) is 4.79 Å². The van der Waals surface area contributed by atoms with E-state index in [1.807, 2.05) is 18.2 Å². The molecule has 0 amide bonds. The minimum absolute atomic E-state index is 0.263. The van der Waals surface area contributed by atoms with Gasteiger partial charge >= 0.3 is 5.97 Å². The predicted molar refractivity (Wildman–Crippen MR) is 65.9 cm³/mol. The summed E-state index contributed by atoms with van der Waals surface area (Å²) in [6.07, 6.45) is 0. The number of ether oxygens (including phenoxy) is 1. The molecule has 1 heterocycles. The monoisotopic (exact) mass is 318 g/mol. The molecule has 0 bridgehead atoms. The summed E-state index contributed by atoms with van der Waals surface area (Å²) in [4.78, 5) is 11.9. The Hall–Kier alpha value is -0.620. The molecule has 1 aromatic heterocycles. The third-order valence-electron chi connectivity index (χ3n) is 1.86. The zero-order valence-corrected chi connectivity index (χ0v) is 10.4. The molecule has 0 N–H and O–H groups in total. The highest BCUT2D eigenvalue weighted by atomic mass is 127. The lowest BCUT2D eigenvalue weighted by atomic mass is 10.2. The van der Waals surface area contributed by atoms with Gasteiger partial charge in [-0.1, -0.05) is 0 Å². The van der Waals surface area contributed by atoms with Gasteiger partial charge in [-0.2, -0.15) is 0 Å². The van der Waals surface area contributed by atoms with E-state index in [1.54, 1.807) is 0 Å². The summed E-state index contributed by atoms with van der Waals surface area (Å²) >= 11 is 3.71.